The molecule has 0 spiro atoms. The highest BCUT2D eigenvalue weighted by Crippen LogP contribution is 2.18. The van der Waals surface area contributed by atoms with Gasteiger partial charge in [-0.15, -0.1) is 0 Å². The molecule has 1 aromatic rings. The van der Waals surface area contributed by atoms with Gasteiger partial charge in [0.2, 0.25) is 0 Å². The first-order valence-corrected chi connectivity index (χ1v) is 6.17. The number of benzene rings is 1. The number of nitrogens with zero attached hydrogens (tertiary/aromatic N) is 1. The highest BCUT2D eigenvalue weighted by atomic mass is 16.5. The highest BCUT2D eigenvalue weighted by molar-refractivity contribution is 5.36. The lowest BCUT2D eigenvalue weighted by atomic mass is 10.1. The van der Waals surface area contributed by atoms with Gasteiger partial charge in [-0.05, 0) is 37.6 Å². The van der Waals surface area contributed by atoms with Gasteiger partial charge in [0.1, 0.15) is 5.75 Å². The Bertz CT molecular complexity index is 368. The first-order chi connectivity index (χ1) is 8.56. The lowest BCUT2D eigenvalue weighted by Crippen LogP contribution is -2.32. The Morgan fingerprint density at radius 2 is 2.11 bits per heavy atom. The molecule has 0 amide bonds. The standard InChI is InChI=1S/C14H23NO3/c1-11-8-12(4-5-14(11)18-3)6-7-15(2)9-13(17)10-16/h4-5,8,13,16-17H,6-7,9-10H2,1-3H3. The zero-order chi connectivity index (χ0) is 13.5. The van der Waals surface area contributed by atoms with E-state index in [-0.39, 0.29) is 6.61 Å². The Kier molecular flexibility index (Phi) is 6.12. The fourth-order valence-corrected chi connectivity index (χ4v) is 1.92. The number of aryl methyl sites for hydroxylation is 1. The van der Waals surface area contributed by atoms with Gasteiger partial charge in [0, 0.05) is 13.1 Å². The molecule has 0 saturated heterocycles. The number of methoxy groups -OCH3 is 1. The highest BCUT2D eigenvalue weighted by Gasteiger charge is 2.07. The minimum absolute atomic E-state index is 0.189. The second kappa shape index (κ2) is 7.36. The van der Waals surface area contributed by atoms with Gasteiger partial charge in [0.15, 0.2) is 0 Å². The van der Waals surface area contributed by atoms with Crippen LogP contribution >= 0.6 is 0 Å². The summed E-state index contributed by atoms with van der Waals surface area (Å²) < 4.78 is 5.22. The molecular weight excluding hydrogens is 230 g/mol. The van der Waals surface area contributed by atoms with E-state index in [0.717, 1.165) is 24.3 Å². The molecule has 18 heavy (non-hydrogen) atoms. The number of hydrogen-bond acceptors (Lipinski definition) is 4. The molecule has 1 unspecified atom stereocenters. The zero-order valence-corrected chi connectivity index (χ0v) is 11.4. The molecule has 0 fully saturated rings. The van der Waals surface area contributed by atoms with Crippen molar-refractivity contribution in [1.82, 2.24) is 4.90 Å². The van der Waals surface area contributed by atoms with Crippen molar-refractivity contribution in [2.45, 2.75) is 19.4 Å². The van der Waals surface area contributed by atoms with E-state index < -0.39 is 6.10 Å². The molecule has 0 radical (unpaired) electrons. The third kappa shape index (κ3) is 4.64. The number of ether oxygens (including phenoxy) is 1. The van der Waals surface area contributed by atoms with Crippen LogP contribution in [0.5, 0.6) is 5.75 Å². The number of aliphatic hydroxyl groups is 2. The van der Waals surface area contributed by atoms with Gasteiger partial charge < -0.3 is 19.8 Å². The van der Waals surface area contributed by atoms with Crippen molar-refractivity contribution in [3.63, 3.8) is 0 Å². The quantitative estimate of drug-likeness (QED) is 0.756. The molecule has 4 nitrogen and oxygen atoms in total. The van der Waals surface area contributed by atoms with Crippen molar-refractivity contribution < 1.29 is 14.9 Å². The van der Waals surface area contributed by atoms with E-state index in [1.165, 1.54) is 5.56 Å². The van der Waals surface area contributed by atoms with Crippen molar-refractivity contribution in [1.29, 1.82) is 0 Å². The molecule has 1 rings (SSSR count). The summed E-state index contributed by atoms with van der Waals surface area (Å²) in [7, 11) is 3.61. The van der Waals surface area contributed by atoms with E-state index in [9.17, 15) is 5.11 Å². The molecule has 1 atom stereocenters. The Balaban J connectivity index is 2.46. The second-order valence-electron chi connectivity index (χ2n) is 4.65. The van der Waals surface area contributed by atoms with E-state index in [0.29, 0.717) is 6.54 Å². The van der Waals surface area contributed by atoms with Crippen LogP contribution in [0.1, 0.15) is 11.1 Å². The predicted molar refractivity (Wildman–Crippen MR) is 72.0 cm³/mol. The third-order valence-electron chi connectivity index (χ3n) is 2.97. The topological polar surface area (TPSA) is 52.9 Å². The number of hydrogen-bond donors (Lipinski definition) is 2. The third-order valence-corrected chi connectivity index (χ3v) is 2.97. The monoisotopic (exact) mass is 253 g/mol. The van der Waals surface area contributed by atoms with E-state index in [1.54, 1.807) is 7.11 Å². The normalized spacial score (nSPS) is 12.8. The summed E-state index contributed by atoms with van der Waals surface area (Å²) in [5.74, 6) is 0.905. The van der Waals surface area contributed by atoms with Crippen LogP contribution in [0.3, 0.4) is 0 Å². The van der Waals surface area contributed by atoms with Crippen molar-refractivity contribution in [2.75, 3.05) is 33.9 Å². The molecule has 102 valence electrons. The summed E-state index contributed by atoms with van der Waals surface area (Å²) in [5.41, 5.74) is 2.38. The summed E-state index contributed by atoms with van der Waals surface area (Å²) in [6.07, 6.45) is 0.257. The molecule has 0 aliphatic rings. The predicted octanol–water partition coefficient (Wildman–Crippen LogP) is 0.831. The molecule has 2 N–H and O–H groups in total. The number of aliphatic hydroxyl groups excluding tert-OH is 2. The van der Waals surface area contributed by atoms with Crippen LogP contribution in [0.2, 0.25) is 0 Å². The van der Waals surface area contributed by atoms with Crippen LogP contribution in [0.25, 0.3) is 0 Å². The molecule has 0 aliphatic heterocycles. The SMILES string of the molecule is COc1ccc(CCN(C)CC(O)CO)cc1C. The van der Waals surface area contributed by atoms with E-state index in [2.05, 4.69) is 12.1 Å². The molecule has 0 heterocycles. The molecule has 0 aliphatic carbocycles. The average Bonchev–Trinajstić information content (AvgIpc) is 2.36. The van der Waals surface area contributed by atoms with Crippen LogP contribution in [-0.4, -0.2) is 55.1 Å². The minimum Gasteiger partial charge on any atom is -0.496 e. The summed E-state index contributed by atoms with van der Waals surface area (Å²) in [4.78, 5) is 2.01. The van der Waals surface area contributed by atoms with Crippen molar-refractivity contribution in [3.8, 4) is 5.75 Å². The number of rotatable bonds is 7. The van der Waals surface area contributed by atoms with Gasteiger partial charge in [0.25, 0.3) is 0 Å². The Morgan fingerprint density at radius 3 is 2.67 bits per heavy atom. The fourth-order valence-electron chi connectivity index (χ4n) is 1.92. The second-order valence-corrected chi connectivity index (χ2v) is 4.65. The largest absolute Gasteiger partial charge is 0.496 e. The van der Waals surface area contributed by atoms with Crippen molar-refractivity contribution in [3.05, 3.63) is 29.3 Å². The summed E-state index contributed by atoms with van der Waals surface area (Å²) >= 11 is 0. The molecule has 1 aromatic carbocycles. The fraction of sp³-hybridized carbons (Fsp3) is 0.571. The van der Waals surface area contributed by atoms with Crippen LogP contribution in [-0.2, 0) is 6.42 Å². The van der Waals surface area contributed by atoms with Gasteiger partial charge in [-0.25, -0.2) is 0 Å². The molecular formula is C14H23NO3. The molecule has 0 aromatic heterocycles. The lowest BCUT2D eigenvalue weighted by Gasteiger charge is -2.19. The maximum absolute atomic E-state index is 9.33. The van der Waals surface area contributed by atoms with Crippen LogP contribution in [0.4, 0.5) is 0 Å². The summed E-state index contributed by atoms with van der Waals surface area (Å²) in [6, 6.07) is 6.16. The van der Waals surface area contributed by atoms with Crippen molar-refractivity contribution >= 4 is 0 Å². The van der Waals surface area contributed by atoms with Crippen LogP contribution in [0, 0.1) is 6.92 Å². The van der Waals surface area contributed by atoms with Gasteiger partial charge in [0.05, 0.1) is 19.8 Å². The van der Waals surface area contributed by atoms with Crippen molar-refractivity contribution in [2.24, 2.45) is 0 Å². The van der Waals surface area contributed by atoms with Gasteiger partial charge >= 0.3 is 0 Å². The maximum atomic E-state index is 9.33. The lowest BCUT2D eigenvalue weighted by molar-refractivity contribution is 0.0669. The molecule has 0 saturated carbocycles. The molecule has 0 bridgehead atoms. The van der Waals surface area contributed by atoms with Crippen LogP contribution < -0.4 is 4.74 Å². The summed E-state index contributed by atoms with van der Waals surface area (Å²) in [6.45, 7) is 3.18. The Morgan fingerprint density at radius 1 is 1.39 bits per heavy atom. The summed E-state index contributed by atoms with van der Waals surface area (Å²) in [5, 5.41) is 18.1. The van der Waals surface area contributed by atoms with Gasteiger partial charge in [-0.3, -0.25) is 0 Å². The molecule has 4 heteroatoms. The van der Waals surface area contributed by atoms with Gasteiger partial charge in [-0.1, -0.05) is 12.1 Å². The number of likely N-dealkylation sites (N-methyl/N-ethyl adjacent to an activating group) is 1. The van der Waals surface area contributed by atoms with Gasteiger partial charge in [-0.2, -0.15) is 0 Å². The minimum atomic E-state index is -0.660. The smallest absolute Gasteiger partial charge is 0.121 e. The first-order valence-electron chi connectivity index (χ1n) is 6.17. The first kappa shape index (κ1) is 15.0. The zero-order valence-electron chi connectivity index (χ0n) is 11.4. The Hall–Kier alpha value is -1.10. The Labute approximate surface area is 109 Å². The van der Waals surface area contributed by atoms with E-state index >= 15 is 0 Å². The van der Waals surface area contributed by atoms with Crippen LogP contribution in [0.15, 0.2) is 18.2 Å². The maximum Gasteiger partial charge on any atom is 0.121 e. The van der Waals surface area contributed by atoms with E-state index in [4.69, 9.17) is 9.84 Å². The van der Waals surface area contributed by atoms with E-state index in [1.807, 2.05) is 24.9 Å². The average molecular weight is 253 g/mol.